The summed E-state index contributed by atoms with van der Waals surface area (Å²) in [6, 6.07) is 6.72. The topological polar surface area (TPSA) is 18.5 Å². The van der Waals surface area contributed by atoms with Gasteiger partial charge in [-0.2, -0.15) is 0 Å². The summed E-state index contributed by atoms with van der Waals surface area (Å²) in [5, 5.41) is 0. The van der Waals surface area contributed by atoms with Crippen LogP contribution in [0.1, 0.15) is 50.2 Å². The van der Waals surface area contributed by atoms with E-state index < -0.39 is 0 Å². The van der Waals surface area contributed by atoms with Crippen LogP contribution in [0.25, 0.3) is 0 Å². The Labute approximate surface area is 139 Å². The van der Waals surface area contributed by atoms with Crippen molar-refractivity contribution >= 4 is 0 Å². The fourth-order valence-corrected chi connectivity index (χ4v) is 6.66. The van der Waals surface area contributed by atoms with E-state index in [1.54, 1.807) is 0 Å². The number of benzene rings is 1. The van der Waals surface area contributed by atoms with Gasteiger partial charge in [-0.05, 0) is 91.9 Å². The highest BCUT2D eigenvalue weighted by Gasteiger charge is 2.62. The lowest BCUT2D eigenvalue weighted by Gasteiger charge is -2.38. The maximum absolute atomic E-state index is 6.46. The van der Waals surface area contributed by atoms with Gasteiger partial charge in [-0.3, -0.25) is 0 Å². The van der Waals surface area contributed by atoms with Gasteiger partial charge < -0.3 is 9.47 Å². The zero-order valence-electron chi connectivity index (χ0n) is 14.4. The van der Waals surface area contributed by atoms with Gasteiger partial charge in [0, 0.05) is 12.5 Å². The van der Waals surface area contributed by atoms with Gasteiger partial charge in [-0.25, -0.2) is 0 Å². The van der Waals surface area contributed by atoms with E-state index in [1.807, 2.05) is 7.11 Å². The molecule has 23 heavy (non-hydrogen) atoms. The predicted octanol–water partition coefficient (Wildman–Crippen LogP) is 4.60. The van der Waals surface area contributed by atoms with Gasteiger partial charge in [0.05, 0.1) is 0 Å². The third-order valence-electron chi connectivity index (χ3n) is 7.29. The van der Waals surface area contributed by atoms with Gasteiger partial charge in [-0.15, -0.1) is 0 Å². The van der Waals surface area contributed by atoms with E-state index in [2.05, 4.69) is 25.1 Å². The molecule has 1 aromatic rings. The molecule has 6 rings (SSSR count). The van der Waals surface area contributed by atoms with Crippen LogP contribution < -0.4 is 4.74 Å². The molecule has 4 unspecified atom stereocenters. The molecule has 4 atom stereocenters. The highest BCUT2D eigenvalue weighted by atomic mass is 16.7. The van der Waals surface area contributed by atoms with Crippen molar-refractivity contribution in [1.82, 2.24) is 0 Å². The lowest BCUT2D eigenvalue weighted by Crippen LogP contribution is -2.42. The Kier molecular flexibility index (Phi) is 3.11. The second-order valence-corrected chi connectivity index (χ2v) is 8.91. The number of hydrogen-bond acceptors (Lipinski definition) is 2. The molecule has 0 aliphatic heterocycles. The minimum Gasteiger partial charge on any atom is -0.464 e. The van der Waals surface area contributed by atoms with Crippen LogP contribution in [0.3, 0.4) is 0 Å². The van der Waals surface area contributed by atoms with E-state index in [0.29, 0.717) is 5.41 Å². The number of methoxy groups -OCH3 is 1. The molecule has 0 amide bonds. The summed E-state index contributed by atoms with van der Waals surface area (Å²) >= 11 is 0. The highest BCUT2D eigenvalue weighted by Crippen LogP contribution is 2.67. The first kappa shape index (κ1) is 14.3. The van der Waals surface area contributed by atoms with Crippen LogP contribution in [0.4, 0.5) is 0 Å². The quantitative estimate of drug-likeness (QED) is 0.757. The molecule has 0 saturated heterocycles. The second-order valence-electron chi connectivity index (χ2n) is 8.91. The number of rotatable bonds is 4. The van der Waals surface area contributed by atoms with Crippen molar-refractivity contribution in [3.63, 3.8) is 0 Å². The van der Waals surface area contributed by atoms with Gasteiger partial charge in [0.15, 0.2) is 0 Å². The largest absolute Gasteiger partial charge is 0.464 e. The van der Waals surface area contributed by atoms with Crippen molar-refractivity contribution in [1.29, 1.82) is 0 Å². The zero-order valence-corrected chi connectivity index (χ0v) is 14.4. The van der Waals surface area contributed by atoms with Gasteiger partial charge in [0.2, 0.25) is 6.29 Å². The fraction of sp³-hybridized carbons (Fsp3) is 0.714. The molecule has 1 aromatic carbocycles. The van der Waals surface area contributed by atoms with E-state index in [0.717, 1.165) is 29.4 Å². The molecule has 5 aliphatic rings. The molecule has 5 aliphatic carbocycles. The first-order chi connectivity index (χ1) is 11.2. The number of ether oxygens (including phenoxy) is 2. The molecule has 0 radical (unpaired) electrons. The minimum absolute atomic E-state index is 0.0559. The smallest absolute Gasteiger partial charge is 0.205 e. The maximum Gasteiger partial charge on any atom is 0.205 e. The molecule has 0 spiro atoms. The van der Waals surface area contributed by atoms with Crippen LogP contribution in [0.5, 0.6) is 5.75 Å². The van der Waals surface area contributed by atoms with Crippen molar-refractivity contribution in [2.24, 2.45) is 29.1 Å². The molecule has 4 bridgehead atoms. The molecular formula is C21H28O2. The van der Waals surface area contributed by atoms with Crippen molar-refractivity contribution < 1.29 is 9.47 Å². The highest BCUT2D eigenvalue weighted by molar-refractivity contribution is 5.39. The third-order valence-corrected chi connectivity index (χ3v) is 7.29. The summed E-state index contributed by atoms with van der Waals surface area (Å²) in [6.07, 6.45) is 9.32. The summed E-state index contributed by atoms with van der Waals surface area (Å²) in [5.41, 5.74) is 3.30. The predicted molar refractivity (Wildman–Crippen MR) is 90.4 cm³/mol. The summed E-state index contributed by atoms with van der Waals surface area (Å²) in [7, 11) is 1.84. The van der Waals surface area contributed by atoms with Crippen molar-refractivity contribution in [2.75, 3.05) is 7.11 Å². The van der Waals surface area contributed by atoms with Gasteiger partial charge in [-0.1, -0.05) is 13.0 Å². The van der Waals surface area contributed by atoms with E-state index in [9.17, 15) is 0 Å². The standard InChI is InChI=1S/C21H28O2/c1-13-5-16-3-4-19(10-17(16)6-13)23-20(22-2)21-11-14-7-15(12-21)9-18(21)8-14/h3-4,10,13-15,18,20H,5-9,11-12H2,1-2H3. The average Bonchev–Trinajstić information content (AvgIpc) is 3.09. The fourth-order valence-electron chi connectivity index (χ4n) is 6.66. The Bertz CT molecular complexity index is 608. The van der Waals surface area contributed by atoms with E-state index in [-0.39, 0.29) is 6.29 Å². The van der Waals surface area contributed by atoms with E-state index >= 15 is 0 Å². The normalized spacial score (nSPS) is 41.3. The Hall–Kier alpha value is -1.02. The van der Waals surface area contributed by atoms with Crippen LogP contribution in [-0.4, -0.2) is 13.4 Å². The summed E-state index contributed by atoms with van der Waals surface area (Å²) in [4.78, 5) is 0. The van der Waals surface area contributed by atoms with Crippen LogP contribution in [-0.2, 0) is 17.6 Å². The van der Waals surface area contributed by atoms with Gasteiger partial charge in [0.1, 0.15) is 5.75 Å². The lowest BCUT2D eigenvalue weighted by molar-refractivity contribution is -0.151. The van der Waals surface area contributed by atoms with Crippen molar-refractivity contribution in [3.8, 4) is 5.75 Å². The number of fused-ring (bicyclic) bond motifs is 1. The molecule has 0 aromatic heterocycles. The summed E-state index contributed by atoms with van der Waals surface area (Å²) in [6.45, 7) is 2.34. The van der Waals surface area contributed by atoms with E-state index in [1.165, 1.54) is 56.1 Å². The molecule has 4 saturated carbocycles. The SMILES string of the molecule is COC(Oc1ccc2c(c1)CC(C)C2)C12CC3CC(CC1C3)C2. The Morgan fingerprint density at radius 3 is 2.52 bits per heavy atom. The molecule has 2 nitrogen and oxygen atoms in total. The van der Waals surface area contributed by atoms with Crippen LogP contribution in [0.2, 0.25) is 0 Å². The second kappa shape index (κ2) is 4.99. The summed E-state index contributed by atoms with van der Waals surface area (Å²) < 4.78 is 12.4. The van der Waals surface area contributed by atoms with Gasteiger partial charge in [0.25, 0.3) is 0 Å². The third kappa shape index (κ3) is 2.10. The molecule has 0 N–H and O–H groups in total. The Balaban J connectivity index is 1.40. The number of hydrogen-bond donors (Lipinski definition) is 0. The zero-order chi connectivity index (χ0) is 15.6. The summed E-state index contributed by atoms with van der Waals surface area (Å²) in [5.74, 6) is 4.51. The Morgan fingerprint density at radius 1 is 1.04 bits per heavy atom. The monoisotopic (exact) mass is 312 g/mol. The molecule has 4 fully saturated rings. The van der Waals surface area contributed by atoms with Crippen molar-refractivity contribution in [2.45, 2.75) is 58.2 Å². The van der Waals surface area contributed by atoms with Crippen LogP contribution >= 0.6 is 0 Å². The average molecular weight is 312 g/mol. The minimum atomic E-state index is -0.0559. The van der Waals surface area contributed by atoms with Crippen LogP contribution in [0.15, 0.2) is 18.2 Å². The first-order valence-electron chi connectivity index (χ1n) is 9.47. The Morgan fingerprint density at radius 2 is 1.78 bits per heavy atom. The first-order valence-corrected chi connectivity index (χ1v) is 9.47. The molecular weight excluding hydrogens is 284 g/mol. The maximum atomic E-state index is 6.46. The van der Waals surface area contributed by atoms with Gasteiger partial charge >= 0.3 is 0 Å². The van der Waals surface area contributed by atoms with Crippen molar-refractivity contribution in [3.05, 3.63) is 29.3 Å². The van der Waals surface area contributed by atoms with Crippen LogP contribution in [0, 0.1) is 29.1 Å². The molecule has 2 heteroatoms. The lowest BCUT2D eigenvalue weighted by atomic mass is 9.75. The molecule has 0 heterocycles. The molecule has 124 valence electrons. The van der Waals surface area contributed by atoms with E-state index in [4.69, 9.17) is 9.47 Å².